The Morgan fingerprint density at radius 3 is 2.71 bits per heavy atom. The number of thiazole rings is 1. The van der Waals surface area contributed by atoms with Gasteiger partial charge in [-0.1, -0.05) is 58.8 Å². The number of aromatic nitrogens is 1. The molecule has 3 rings (SSSR count). The van der Waals surface area contributed by atoms with Crippen LogP contribution in [0.15, 0.2) is 42.5 Å². The van der Waals surface area contributed by atoms with Crippen LogP contribution in [0.3, 0.4) is 0 Å². The fourth-order valence-corrected chi connectivity index (χ4v) is 3.20. The first kappa shape index (κ1) is 14.0. The lowest BCUT2D eigenvalue weighted by Crippen LogP contribution is -2.14. The second-order valence-corrected chi connectivity index (χ2v) is 6.25. The van der Waals surface area contributed by atoms with Gasteiger partial charge in [-0.05, 0) is 24.6 Å². The molecule has 0 radical (unpaired) electrons. The van der Waals surface area contributed by atoms with Crippen molar-refractivity contribution in [2.24, 2.45) is 0 Å². The maximum Gasteiger partial charge on any atom is 0.230 e. The fourth-order valence-electron chi connectivity index (χ4n) is 2.02. The van der Waals surface area contributed by atoms with E-state index in [2.05, 4.69) is 10.3 Å². The number of hydrogen-bond acceptors (Lipinski definition) is 3. The maximum atomic E-state index is 12.1. The van der Waals surface area contributed by atoms with E-state index in [1.807, 2.05) is 43.3 Å². The molecule has 3 nitrogen and oxygen atoms in total. The molecule has 3 aromatic rings. The van der Waals surface area contributed by atoms with E-state index in [0.29, 0.717) is 16.6 Å². The molecule has 0 fully saturated rings. The predicted molar refractivity (Wildman–Crippen MR) is 88.1 cm³/mol. The predicted octanol–water partition coefficient (Wildman–Crippen LogP) is 4.44. The summed E-state index contributed by atoms with van der Waals surface area (Å²) >= 11 is 7.51. The summed E-state index contributed by atoms with van der Waals surface area (Å²) in [5.41, 5.74) is 2.90. The van der Waals surface area contributed by atoms with Crippen molar-refractivity contribution in [3.05, 3.63) is 58.6 Å². The van der Waals surface area contributed by atoms with Gasteiger partial charge in [0.15, 0.2) is 5.13 Å². The third kappa shape index (κ3) is 3.23. The number of nitrogens with one attached hydrogen (secondary N) is 1. The van der Waals surface area contributed by atoms with E-state index in [-0.39, 0.29) is 5.91 Å². The van der Waals surface area contributed by atoms with Crippen molar-refractivity contribution in [2.45, 2.75) is 13.3 Å². The molecule has 0 atom stereocenters. The smallest absolute Gasteiger partial charge is 0.230 e. The lowest BCUT2D eigenvalue weighted by molar-refractivity contribution is -0.115. The molecule has 0 spiro atoms. The molecule has 0 saturated carbocycles. The average Bonchev–Trinajstić information content (AvgIpc) is 2.85. The number of halogens is 1. The number of rotatable bonds is 3. The van der Waals surface area contributed by atoms with E-state index < -0.39 is 0 Å². The molecule has 0 saturated heterocycles. The molecule has 2 aromatic carbocycles. The highest BCUT2D eigenvalue weighted by molar-refractivity contribution is 7.22. The van der Waals surface area contributed by atoms with Gasteiger partial charge in [-0.2, -0.15) is 0 Å². The first-order valence-electron chi connectivity index (χ1n) is 6.52. The number of benzene rings is 2. The second kappa shape index (κ2) is 5.84. The normalized spacial score (nSPS) is 10.8. The van der Waals surface area contributed by atoms with Crippen LogP contribution in [0.2, 0.25) is 5.02 Å². The molecular weight excluding hydrogens is 304 g/mol. The van der Waals surface area contributed by atoms with E-state index >= 15 is 0 Å². The molecular formula is C16H13ClN2OS. The number of fused-ring (bicyclic) bond motifs is 1. The van der Waals surface area contributed by atoms with Gasteiger partial charge in [0.1, 0.15) is 5.52 Å². The van der Waals surface area contributed by atoms with Crippen LogP contribution in [0.1, 0.15) is 11.1 Å². The zero-order valence-electron chi connectivity index (χ0n) is 11.4. The van der Waals surface area contributed by atoms with Gasteiger partial charge in [0, 0.05) is 0 Å². The fraction of sp³-hybridized carbons (Fsp3) is 0.125. The second-order valence-electron chi connectivity index (χ2n) is 4.82. The van der Waals surface area contributed by atoms with Crippen molar-refractivity contribution in [1.82, 2.24) is 4.98 Å². The van der Waals surface area contributed by atoms with Crippen LogP contribution in [0.4, 0.5) is 5.13 Å². The van der Waals surface area contributed by atoms with E-state index in [1.54, 1.807) is 6.07 Å². The number of anilines is 1. The van der Waals surface area contributed by atoms with Crippen molar-refractivity contribution in [1.29, 1.82) is 0 Å². The quantitative estimate of drug-likeness (QED) is 0.776. The van der Waals surface area contributed by atoms with Crippen molar-refractivity contribution >= 4 is 44.2 Å². The number of carbonyl (C=O) groups excluding carboxylic acids is 1. The van der Waals surface area contributed by atoms with E-state index in [4.69, 9.17) is 11.6 Å². The SMILES string of the molecule is Cc1ccc(CC(=O)Nc2nc3c(Cl)cccc3s2)cc1. The summed E-state index contributed by atoms with van der Waals surface area (Å²) in [7, 11) is 0. The number of nitrogens with zero attached hydrogens (tertiary/aromatic N) is 1. The molecule has 1 heterocycles. The summed E-state index contributed by atoms with van der Waals surface area (Å²) in [5, 5.41) is 4.01. The molecule has 5 heteroatoms. The van der Waals surface area contributed by atoms with Crippen molar-refractivity contribution in [3.8, 4) is 0 Å². The topological polar surface area (TPSA) is 42.0 Å². The van der Waals surface area contributed by atoms with Gasteiger partial charge in [-0.25, -0.2) is 4.98 Å². The Morgan fingerprint density at radius 2 is 2.00 bits per heavy atom. The zero-order valence-corrected chi connectivity index (χ0v) is 13.0. The number of carbonyl (C=O) groups is 1. The van der Waals surface area contributed by atoms with Crippen molar-refractivity contribution in [3.63, 3.8) is 0 Å². The highest BCUT2D eigenvalue weighted by Crippen LogP contribution is 2.30. The molecule has 0 aliphatic heterocycles. The Morgan fingerprint density at radius 1 is 1.24 bits per heavy atom. The van der Waals surface area contributed by atoms with Crippen molar-refractivity contribution in [2.75, 3.05) is 5.32 Å². The summed E-state index contributed by atoms with van der Waals surface area (Å²) in [4.78, 5) is 16.4. The number of para-hydroxylation sites is 1. The van der Waals surface area contributed by atoms with Gasteiger partial charge in [-0.3, -0.25) is 4.79 Å². The van der Waals surface area contributed by atoms with Crippen LogP contribution in [-0.2, 0) is 11.2 Å². The maximum absolute atomic E-state index is 12.1. The van der Waals surface area contributed by atoms with Crippen LogP contribution in [0, 0.1) is 6.92 Å². The number of hydrogen-bond donors (Lipinski definition) is 1. The van der Waals surface area contributed by atoms with Gasteiger partial charge in [0.2, 0.25) is 5.91 Å². The van der Waals surface area contributed by atoms with Crippen LogP contribution >= 0.6 is 22.9 Å². The average molecular weight is 317 g/mol. The molecule has 1 amide bonds. The van der Waals surface area contributed by atoms with Crippen molar-refractivity contribution < 1.29 is 4.79 Å². The lowest BCUT2D eigenvalue weighted by atomic mass is 10.1. The first-order valence-corrected chi connectivity index (χ1v) is 7.72. The Hall–Kier alpha value is -1.91. The minimum Gasteiger partial charge on any atom is -0.302 e. The van der Waals surface area contributed by atoms with Gasteiger partial charge in [0.05, 0.1) is 16.1 Å². The molecule has 0 aliphatic rings. The number of amides is 1. The Balaban J connectivity index is 1.74. The summed E-state index contributed by atoms with van der Waals surface area (Å²) in [6.07, 6.45) is 0.337. The zero-order chi connectivity index (χ0) is 14.8. The molecule has 1 aromatic heterocycles. The Bertz CT molecular complexity index is 796. The third-order valence-corrected chi connectivity index (χ3v) is 4.34. The van der Waals surface area contributed by atoms with Crippen LogP contribution in [0.5, 0.6) is 0 Å². The van der Waals surface area contributed by atoms with Gasteiger partial charge >= 0.3 is 0 Å². The molecule has 21 heavy (non-hydrogen) atoms. The largest absolute Gasteiger partial charge is 0.302 e. The Kier molecular flexibility index (Phi) is 3.90. The molecule has 0 bridgehead atoms. The standard InChI is InChI=1S/C16H13ClN2OS/c1-10-5-7-11(8-6-10)9-14(20)18-16-19-15-12(17)3-2-4-13(15)21-16/h2-8H,9H2,1H3,(H,18,19,20). The van der Waals surface area contributed by atoms with E-state index in [9.17, 15) is 4.79 Å². The molecule has 1 N–H and O–H groups in total. The first-order chi connectivity index (χ1) is 10.1. The highest BCUT2D eigenvalue weighted by atomic mass is 35.5. The third-order valence-electron chi connectivity index (χ3n) is 3.10. The molecule has 106 valence electrons. The summed E-state index contributed by atoms with van der Waals surface area (Å²) in [6, 6.07) is 13.5. The lowest BCUT2D eigenvalue weighted by Gasteiger charge is -2.02. The van der Waals surface area contributed by atoms with E-state index in [0.717, 1.165) is 15.8 Å². The molecule has 0 unspecified atom stereocenters. The Labute approximate surface area is 131 Å². The summed E-state index contributed by atoms with van der Waals surface area (Å²) in [6.45, 7) is 2.02. The summed E-state index contributed by atoms with van der Waals surface area (Å²) in [5.74, 6) is -0.0750. The van der Waals surface area contributed by atoms with Crippen LogP contribution in [-0.4, -0.2) is 10.9 Å². The van der Waals surface area contributed by atoms with Gasteiger partial charge < -0.3 is 5.32 Å². The number of aryl methyl sites for hydroxylation is 1. The van der Waals surface area contributed by atoms with Gasteiger partial charge in [0.25, 0.3) is 0 Å². The highest BCUT2D eigenvalue weighted by Gasteiger charge is 2.10. The van der Waals surface area contributed by atoms with Crippen LogP contribution in [0.25, 0.3) is 10.2 Å². The molecule has 0 aliphatic carbocycles. The monoisotopic (exact) mass is 316 g/mol. The summed E-state index contributed by atoms with van der Waals surface area (Å²) < 4.78 is 0.966. The van der Waals surface area contributed by atoms with Crippen LogP contribution < -0.4 is 5.32 Å². The van der Waals surface area contributed by atoms with E-state index in [1.165, 1.54) is 16.9 Å². The minimum absolute atomic E-state index is 0.0750. The minimum atomic E-state index is -0.0750. The van der Waals surface area contributed by atoms with Gasteiger partial charge in [-0.15, -0.1) is 0 Å².